The first-order chi connectivity index (χ1) is 12.3. The summed E-state index contributed by atoms with van der Waals surface area (Å²) in [5, 5.41) is 6.26. The minimum absolute atomic E-state index is 0.0325. The first-order valence-electron chi connectivity index (χ1n) is 8.90. The summed E-state index contributed by atoms with van der Waals surface area (Å²) < 4.78 is 5.43. The van der Waals surface area contributed by atoms with Crippen LogP contribution in [0.4, 0.5) is 0 Å². The fourth-order valence-electron chi connectivity index (χ4n) is 2.77. The van der Waals surface area contributed by atoms with E-state index >= 15 is 0 Å². The largest absolute Gasteiger partial charge is 0.379 e. The highest BCUT2D eigenvalue weighted by molar-refractivity contribution is 6.31. The van der Waals surface area contributed by atoms with Crippen molar-refractivity contribution < 1.29 is 14.3 Å². The summed E-state index contributed by atoms with van der Waals surface area (Å²) in [4.78, 5) is 26.3. The number of benzene rings is 1. The molecule has 1 heterocycles. The van der Waals surface area contributed by atoms with Crippen LogP contribution < -0.4 is 10.6 Å². The van der Waals surface area contributed by atoms with Crippen molar-refractivity contribution in [1.82, 2.24) is 15.5 Å². The van der Waals surface area contributed by atoms with Gasteiger partial charge in [-0.25, -0.2) is 0 Å². The molecule has 0 bridgehead atoms. The number of carbonyl (C=O) groups is 2. The highest BCUT2D eigenvalue weighted by atomic mass is 35.5. The number of nitrogens with zero attached hydrogens (tertiary/aromatic N) is 1. The maximum absolute atomic E-state index is 12.2. The van der Waals surface area contributed by atoms with Crippen molar-refractivity contribution in [3.8, 4) is 0 Å². The summed E-state index contributed by atoms with van der Waals surface area (Å²) in [6.45, 7) is 8.72. The average Bonchev–Trinajstić information content (AvgIpc) is 2.61. The zero-order valence-corrected chi connectivity index (χ0v) is 16.4. The fourth-order valence-corrected chi connectivity index (χ4v) is 3.03. The molecule has 1 unspecified atom stereocenters. The first-order valence-corrected chi connectivity index (χ1v) is 9.28. The number of rotatable bonds is 6. The number of nitrogens with one attached hydrogen (secondary N) is 2. The second-order valence-electron chi connectivity index (χ2n) is 7.42. The van der Waals surface area contributed by atoms with Gasteiger partial charge in [-0.3, -0.25) is 14.5 Å². The smallest absolute Gasteiger partial charge is 0.239 e. The monoisotopic (exact) mass is 381 g/mol. The topological polar surface area (TPSA) is 70.7 Å². The van der Waals surface area contributed by atoms with Crippen molar-refractivity contribution >= 4 is 23.4 Å². The molecule has 2 amide bonds. The van der Waals surface area contributed by atoms with E-state index in [1.165, 1.54) is 0 Å². The number of morpholine rings is 1. The molecule has 1 aromatic rings. The van der Waals surface area contributed by atoms with Crippen LogP contribution in [0.2, 0.25) is 5.02 Å². The summed E-state index contributed by atoms with van der Waals surface area (Å²) in [5.74, 6) is -0.364. The van der Waals surface area contributed by atoms with E-state index in [-0.39, 0.29) is 24.4 Å². The molecule has 0 radical (unpaired) electrons. The van der Waals surface area contributed by atoms with Crippen LogP contribution in [-0.4, -0.2) is 56.1 Å². The minimum Gasteiger partial charge on any atom is -0.379 e. The molecule has 2 N–H and O–H groups in total. The standard InChI is InChI=1S/C19H28ClN3O3/c1-19(2,3)18(25)22-13-17(24)21-12-16(23-8-10-26-11-9-23)14-6-4-5-7-15(14)20/h4-7,16H,8-13H2,1-3H3,(H,21,24)(H,22,25). The van der Waals surface area contributed by atoms with E-state index in [2.05, 4.69) is 15.5 Å². The summed E-state index contributed by atoms with van der Waals surface area (Å²) in [5.41, 5.74) is 0.462. The molecule has 7 heteroatoms. The van der Waals surface area contributed by atoms with Crippen LogP contribution in [0.25, 0.3) is 0 Å². The predicted molar refractivity (Wildman–Crippen MR) is 102 cm³/mol. The van der Waals surface area contributed by atoms with E-state index < -0.39 is 5.41 Å². The molecule has 6 nitrogen and oxygen atoms in total. The Morgan fingerprint density at radius 3 is 2.46 bits per heavy atom. The minimum atomic E-state index is -0.520. The Kier molecular flexibility index (Phi) is 7.43. The number of hydrogen-bond acceptors (Lipinski definition) is 4. The van der Waals surface area contributed by atoms with Gasteiger partial charge in [0.05, 0.1) is 25.8 Å². The lowest BCUT2D eigenvalue weighted by Crippen LogP contribution is -2.46. The molecule has 0 aromatic heterocycles. The zero-order chi connectivity index (χ0) is 19.2. The third-order valence-electron chi connectivity index (χ3n) is 4.33. The number of amides is 2. The van der Waals surface area contributed by atoms with Crippen molar-refractivity contribution in [3.63, 3.8) is 0 Å². The molecule has 26 heavy (non-hydrogen) atoms. The molecule has 1 fully saturated rings. The lowest BCUT2D eigenvalue weighted by Gasteiger charge is -2.35. The second kappa shape index (κ2) is 9.35. The molecule has 0 aliphatic carbocycles. The summed E-state index contributed by atoms with van der Waals surface area (Å²) >= 11 is 6.38. The molecule has 1 aliphatic heterocycles. The summed E-state index contributed by atoms with van der Waals surface area (Å²) in [6.07, 6.45) is 0. The number of halogens is 1. The van der Waals surface area contributed by atoms with Crippen LogP contribution >= 0.6 is 11.6 Å². The third kappa shape index (κ3) is 5.97. The van der Waals surface area contributed by atoms with Gasteiger partial charge in [-0.2, -0.15) is 0 Å². The van der Waals surface area contributed by atoms with Gasteiger partial charge in [0.2, 0.25) is 11.8 Å². The van der Waals surface area contributed by atoms with Gasteiger partial charge in [-0.05, 0) is 11.6 Å². The lowest BCUT2D eigenvalue weighted by atomic mass is 9.96. The zero-order valence-electron chi connectivity index (χ0n) is 15.7. The van der Waals surface area contributed by atoms with Gasteiger partial charge in [-0.1, -0.05) is 50.6 Å². The Balaban J connectivity index is 1.97. The van der Waals surface area contributed by atoms with Gasteiger partial charge < -0.3 is 15.4 Å². The molecule has 2 rings (SSSR count). The molecule has 1 aromatic carbocycles. The van der Waals surface area contributed by atoms with Crippen LogP contribution in [-0.2, 0) is 14.3 Å². The van der Waals surface area contributed by atoms with Crippen molar-refractivity contribution in [1.29, 1.82) is 0 Å². The van der Waals surface area contributed by atoms with E-state index in [0.29, 0.717) is 24.8 Å². The summed E-state index contributed by atoms with van der Waals surface area (Å²) in [6, 6.07) is 7.64. The van der Waals surface area contributed by atoms with Crippen molar-refractivity contribution in [2.24, 2.45) is 5.41 Å². The SMILES string of the molecule is CC(C)(C)C(=O)NCC(=O)NCC(c1ccccc1Cl)N1CCOCC1. The van der Waals surface area contributed by atoms with Crippen LogP contribution in [0, 0.1) is 5.41 Å². The van der Waals surface area contributed by atoms with Crippen LogP contribution in [0.5, 0.6) is 0 Å². The normalized spacial score (nSPS) is 16.8. The van der Waals surface area contributed by atoms with Crippen LogP contribution in [0.3, 0.4) is 0 Å². The van der Waals surface area contributed by atoms with Crippen LogP contribution in [0.1, 0.15) is 32.4 Å². The van der Waals surface area contributed by atoms with Crippen molar-refractivity contribution in [2.45, 2.75) is 26.8 Å². The van der Waals surface area contributed by atoms with Gasteiger partial charge in [0.1, 0.15) is 0 Å². The molecule has 1 atom stereocenters. The Bertz CT molecular complexity index is 625. The highest BCUT2D eigenvalue weighted by Crippen LogP contribution is 2.27. The van der Waals surface area contributed by atoms with Crippen LogP contribution in [0.15, 0.2) is 24.3 Å². The fraction of sp³-hybridized carbons (Fsp3) is 0.579. The van der Waals surface area contributed by atoms with Gasteiger partial charge in [-0.15, -0.1) is 0 Å². The molecule has 144 valence electrons. The first kappa shape index (κ1) is 20.7. The van der Waals surface area contributed by atoms with E-state index in [9.17, 15) is 9.59 Å². The molecule has 0 saturated carbocycles. The van der Waals surface area contributed by atoms with E-state index in [0.717, 1.165) is 18.7 Å². The molecule has 1 saturated heterocycles. The Morgan fingerprint density at radius 2 is 1.85 bits per heavy atom. The van der Waals surface area contributed by atoms with E-state index in [1.807, 2.05) is 45.0 Å². The second-order valence-corrected chi connectivity index (χ2v) is 7.83. The van der Waals surface area contributed by atoms with Crippen molar-refractivity contribution in [3.05, 3.63) is 34.9 Å². The summed E-state index contributed by atoms with van der Waals surface area (Å²) in [7, 11) is 0. The van der Waals surface area contributed by atoms with Crippen molar-refractivity contribution in [2.75, 3.05) is 39.4 Å². The molecule has 0 spiro atoms. The van der Waals surface area contributed by atoms with Gasteiger partial charge in [0.15, 0.2) is 0 Å². The number of hydrogen-bond donors (Lipinski definition) is 2. The number of carbonyl (C=O) groups excluding carboxylic acids is 2. The average molecular weight is 382 g/mol. The van der Waals surface area contributed by atoms with Gasteiger partial charge >= 0.3 is 0 Å². The van der Waals surface area contributed by atoms with E-state index in [4.69, 9.17) is 16.3 Å². The Morgan fingerprint density at radius 1 is 1.19 bits per heavy atom. The van der Waals surface area contributed by atoms with Gasteiger partial charge in [0.25, 0.3) is 0 Å². The highest BCUT2D eigenvalue weighted by Gasteiger charge is 2.25. The molecule has 1 aliphatic rings. The third-order valence-corrected chi connectivity index (χ3v) is 4.68. The Labute approximate surface area is 160 Å². The lowest BCUT2D eigenvalue weighted by molar-refractivity contribution is -0.131. The molecular weight excluding hydrogens is 354 g/mol. The Hall–Kier alpha value is -1.63. The maximum atomic E-state index is 12.2. The van der Waals surface area contributed by atoms with E-state index in [1.54, 1.807) is 0 Å². The number of ether oxygens (including phenoxy) is 1. The van der Waals surface area contributed by atoms with Gasteiger partial charge in [0, 0.05) is 30.1 Å². The maximum Gasteiger partial charge on any atom is 0.239 e. The quantitative estimate of drug-likeness (QED) is 0.790. The molecular formula is C19H28ClN3O3. The predicted octanol–water partition coefficient (Wildman–Crippen LogP) is 1.99.